The molecule has 0 fully saturated rings. The molecule has 1 rings (SSSR count). The van der Waals surface area contributed by atoms with Gasteiger partial charge in [0.1, 0.15) is 22.2 Å². The number of halogens is 3. The topological polar surface area (TPSA) is 12.5 Å². The molecule has 0 aliphatic heterocycles. The van der Waals surface area contributed by atoms with Crippen LogP contribution < -0.4 is 8.97 Å². The van der Waals surface area contributed by atoms with E-state index in [0.29, 0.717) is 0 Å². The van der Waals surface area contributed by atoms with Crippen LogP contribution in [0.5, 0.6) is 5.75 Å². The molecule has 0 bridgehead atoms. The van der Waals surface area contributed by atoms with Crippen LogP contribution in [-0.2, 0) is 0 Å². The van der Waals surface area contributed by atoms with E-state index in [0.717, 1.165) is 5.69 Å². The third kappa shape index (κ3) is 4.86. The normalized spacial score (nSPS) is 13.2. The molecular formula is C13H22F3NOSi2. The Balaban J connectivity index is 3.07. The average Bonchev–Trinajstić information content (AvgIpc) is 2.14. The van der Waals surface area contributed by atoms with Crippen molar-refractivity contribution in [2.45, 2.75) is 45.6 Å². The van der Waals surface area contributed by atoms with Crippen LogP contribution in [0.3, 0.4) is 0 Å². The fourth-order valence-electron chi connectivity index (χ4n) is 2.58. The summed E-state index contributed by atoms with van der Waals surface area (Å²) < 4.78 is 42.8. The first-order valence-electron chi connectivity index (χ1n) is 6.47. The monoisotopic (exact) mass is 321 g/mol. The molecule has 0 atom stereocenters. The van der Waals surface area contributed by atoms with E-state index in [9.17, 15) is 13.2 Å². The van der Waals surface area contributed by atoms with Crippen LogP contribution in [0.1, 0.15) is 0 Å². The van der Waals surface area contributed by atoms with Gasteiger partial charge in [0.05, 0.1) is 0 Å². The zero-order valence-electron chi connectivity index (χ0n) is 12.8. The van der Waals surface area contributed by atoms with Gasteiger partial charge in [0.2, 0.25) is 0 Å². The second-order valence-electron chi connectivity index (χ2n) is 6.72. The lowest BCUT2D eigenvalue weighted by molar-refractivity contribution is -0.274. The van der Waals surface area contributed by atoms with E-state index in [4.69, 9.17) is 0 Å². The lowest BCUT2D eigenvalue weighted by Crippen LogP contribution is -2.59. The van der Waals surface area contributed by atoms with Crippen molar-refractivity contribution in [3.05, 3.63) is 24.3 Å². The van der Waals surface area contributed by atoms with E-state index in [1.54, 1.807) is 12.1 Å². The standard InChI is InChI=1S/C13H22F3NOSi2/c1-19(2,3)17(20(4,5)6)11-7-9-12(10-8-11)18-13(14,15)16/h7-10H,1-6H3. The van der Waals surface area contributed by atoms with E-state index in [2.05, 4.69) is 48.2 Å². The van der Waals surface area contributed by atoms with Crippen molar-refractivity contribution in [1.29, 1.82) is 0 Å². The van der Waals surface area contributed by atoms with Gasteiger partial charge in [0.15, 0.2) is 0 Å². The molecule has 0 aliphatic rings. The highest BCUT2D eigenvalue weighted by Crippen LogP contribution is 2.31. The second-order valence-corrected chi connectivity index (χ2v) is 16.7. The fourth-order valence-corrected chi connectivity index (χ4v) is 12.5. The van der Waals surface area contributed by atoms with Crippen molar-refractivity contribution >= 4 is 22.2 Å². The van der Waals surface area contributed by atoms with Crippen LogP contribution in [0.15, 0.2) is 24.3 Å². The Labute approximate surface area is 120 Å². The molecule has 1 aromatic rings. The Morgan fingerprint density at radius 2 is 1.25 bits per heavy atom. The second kappa shape index (κ2) is 5.44. The summed E-state index contributed by atoms with van der Waals surface area (Å²) in [5.41, 5.74) is 0.984. The van der Waals surface area contributed by atoms with Crippen LogP contribution >= 0.6 is 0 Å². The summed E-state index contributed by atoms with van der Waals surface area (Å²) >= 11 is 0. The van der Waals surface area contributed by atoms with Crippen LogP contribution in [0.25, 0.3) is 0 Å². The van der Waals surface area contributed by atoms with Crippen molar-refractivity contribution in [3.8, 4) is 5.75 Å². The molecule has 2 nitrogen and oxygen atoms in total. The van der Waals surface area contributed by atoms with Crippen molar-refractivity contribution in [3.63, 3.8) is 0 Å². The first-order valence-corrected chi connectivity index (χ1v) is 13.4. The maximum atomic E-state index is 12.2. The largest absolute Gasteiger partial charge is 0.573 e. The summed E-state index contributed by atoms with van der Waals surface area (Å²) in [6.07, 6.45) is -4.64. The van der Waals surface area contributed by atoms with Crippen molar-refractivity contribution in [2.24, 2.45) is 0 Å². The Kier molecular flexibility index (Phi) is 4.65. The maximum Gasteiger partial charge on any atom is 0.573 e. The minimum Gasteiger partial charge on any atom is -0.425 e. The highest BCUT2D eigenvalue weighted by Gasteiger charge is 2.35. The fraction of sp³-hybridized carbons (Fsp3) is 0.538. The SMILES string of the molecule is C[Si](C)(C)N(c1ccc(OC(F)(F)F)cc1)[Si](C)(C)C. The molecule has 7 heteroatoms. The van der Waals surface area contributed by atoms with Crippen LogP contribution in [-0.4, -0.2) is 22.8 Å². The van der Waals surface area contributed by atoms with E-state index in [1.807, 2.05) is 0 Å². The minimum atomic E-state index is -4.64. The van der Waals surface area contributed by atoms with E-state index < -0.39 is 22.8 Å². The van der Waals surface area contributed by atoms with Gasteiger partial charge in [-0.1, -0.05) is 39.3 Å². The highest BCUT2D eigenvalue weighted by molar-refractivity contribution is 6.99. The molecular weight excluding hydrogens is 299 g/mol. The molecule has 0 unspecified atom stereocenters. The predicted octanol–water partition coefficient (Wildman–Crippen LogP) is 5.06. The number of benzene rings is 1. The molecule has 0 radical (unpaired) electrons. The van der Waals surface area contributed by atoms with Gasteiger partial charge >= 0.3 is 6.36 Å². The number of ether oxygens (including phenoxy) is 1. The Bertz CT molecular complexity index is 433. The third-order valence-corrected chi connectivity index (χ3v) is 9.89. The zero-order chi connectivity index (χ0) is 15.8. The molecule has 0 heterocycles. The van der Waals surface area contributed by atoms with E-state index in [-0.39, 0.29) is 5.75 Å². The molecule has 0 amide bonds. The Morgan fingerprint density at radius 1 is 0.850 bits per heavy atom. The summed E-state index contributed by atoms with van der Waals surface area (Å²) in [6.45, 7) is 13.4. The summed E-state index contributed by atoms with van der Waals surface area (Å²) in [5.74, 6) is -0.174. The van der Waals surface area contributed by atoms with Crippen molar-refractivity contribution in [1.82, 2.24) is 0 Å². The maximum absolute atomic E-state index is 12.2. The Hall–Kier alpha value is -0.956. The molecule has 0 saturated carbocycles. The van der Waals surface area contributed by atoms with Gasteiger partial charge in [0.25, 0.3) is 0 Å². The highest BCUT2D eigenvalue weighted by atomic mass is 28.4. The van der Waals surface area contributed by atoms with Crippen LogP contribution in [0, 0.1) is 0 Å². The molecule has 0 N–H and O–H groups in total. The number of rotatable bonds is 4. The summed E-state index contributed by atoms with van der Waals surface area (Å²) in [4.78, 5) is 0. The zero-order valence-corrected chi connectivity index (χ0v) is 14.8. The molecule has 114 valence electrons. The molecule has 0 aliphatic carbocycles. The number of nitrogens with zero attached hydrogens (tertiary/aromatic N) is 1. The molecule has 20 heavy (non-hydrogen) atoms. The third-order valence-electron chi connectivity index (χ3n) is 2.67. The smallest absolute Gasteiger partial charge is 0.425 e. The number of alkyl halides is 3. The van der Waals surface area contributed by atoms with E-state index in [1.165, 1.54) is 12.1 Å². The minimum absolute atomic E-state index is 0.174. The summed E-state index contributed by atoms with van der Waals surface area (Å²) in [6, 6.07) is 6.21. The van der Waals surface area contributed by atoms with Gasteiger partial charge < -0.3 is 8.97 Å². The van der Waals surface area contributed by atoms with Crippen LogP contribution in [0.2, 0.25) is 39.3 Å². The summed E-state index contributed by atoms with van der Waals surface area (Å²) in [7, 11) is -3.19. The first kappa shape index (κ1) is 17.1. The molecule has 0 aromatic heterocycles. The lowest BCUT2D eigenvalue weighted by Gasteiger charge is -2.46. The molecule has 1 aromatic carbocycles. The number of hydrogen-bond donors (Lipinski definition) is 0. The van der Waals surface area contributed by atoms with Crippen molar-refractivity contribution < 1.29 is 17.9 Å². The van der Waals surface area contributed by atoms with Gasteiger partial charge in [0, 0.05) is 5.69 Å². The lowest BCUT2D eigenvalue weighted by atomic mass is 10.3. The molecule has 0 saturated heterocycles. The predicted molar refractivity (Wildman–Crippen MR) is 82.3 cm³/mol. The van der Waals surface area contributed by atoms with E-state index >= 15 is 0 Å². The first-order chi connectivity index (χ1) is 8.81. The average molecular weight is 321 g/mol. The van der Waals surface area contributed by atoms with Crippen LogP contribution in [0.4, 0.5) is 18.9 Å². The van der Waals surface area contributed by atoms with Gasteiger partial charge in [-0.3, -0.25) is 0 Å². The van der Waals surface area contributed by atoms with Gasteiger partial charge in [-0.2, -0.15) is 0 Å². The molecule has 0 spiro atoms. The number of hydrogen-bond acceptors (Lipinski definition) is 2. The van der Waals surface area contributed by atoms with Gasteiger partial charge in [-0.25, -0.2) is 0 Å². The van der Waals surface area contributed by atoms with Gasteiger partial charge in [-0.15, -0.1) is 13.2 Å². The van der Waals surface area contributed by atoms with Crippen molar-refractivity contribution in [2.75, 3.05) is 4.23 Å². The quantitative estimate of drug-likeness (QED) is 0.719. The number of anilines is 1. The summed E-state index contributed by atoms with van der Waals surface area (Å²) in [5, 5.41) is 0. The van der Waals surface area contributed by atoms with Gasteiger partial charge in [-0.05, 0) is 24.3 Å². The Morgan fingerprint density at radius 3 is 1.55 bits per heavy atom.